The van der Waals surface area contributed by atoms with E-state index in [1.807, 2.05) is 0 Å². The van der Waals surface area contributed by atoms with Crippen molar-refractivity contribution in [1.82, 2.24) is 4.90 Å². The summed E-state index contributed by atoms with van der Waals surface area (Å²) in [7, 11) is 0. The van der Waals surface area contributed by atoms with Crippen molar-refractivity contribution in [2.45, 2.75) is 34.6 Å². The lowest BCUT2D eigenvalue weighted by Gasteiger charge is -2.19. The van der Waals surface area contributed by atoms with Gasteiger partial charge >= 0.3 is 0 Å². The molecule has 0 saturated heterocycles. The van der Waals surface area contributed by atoms with Gasteiger partial charge in [-0.1, -0.05) is 46.5 Å². The molecule has 0 atom stereocenters. The minimum Gasteiger partial charge on any atom is -0.292 e. The smallest absolute Gasteiger partial charge is 0.0601 e. The van der Waals surface area contributed by atoms with E-state index in [0.717, 1.165) is 25.6 Å². The average molecular weight is 181 g/mol. The Labute approximate surface area is 83.5 Å². The normalized spacial score (nSPS) is 10.8. The van der Waals surface area contributed by atoms with Crippen LogP contribution in [0.5, 0.6) is 0 Å². The molecule has 0 aliphatic rings. The van der Waals surface area contributed by atoms with Crippen LogP contribution in [-0.2, 0) is 0 Å². The maximum atomic E-state index is 3.22. The second-order valence-corrected chi connectivity index (χ2v) is 4.20. The number of hydrogen-bond donors (Lipinski definition) is 0. The minimum absolute atomic E-state index is 0.498. The van der Waals surface area contributed by atoms with Crippen LogP contribution >= 0.6 is 0 Å². The molecule has 0 bridgehead atoms. The van der Waals surface area contributed by atoms with Crippen LogP contribution in [0.4, 0.5) is 0 Å². The summed E-state index contributed by atoms with van der Waals surface area (Å²) in [6, 6.07) is 0. The third-order valence-electron chi connectivity index (χ3n) is 1.76. The topological polar surface area (TPSA) is 3.24 Å². The lowest BCUT2D eigenvalue weighted by Crippen LogP contribution is -2.27. The van der Waals surface area contributed by atoms with E-state index >= 15 is 0 Å². The quantitative estimate of drug-likeness (QED) is 0.603. The fourth-order valence-electron chi connectivity index (χ4n) is 1.18. The maximum Gasteiger partial charge on any atom is 0.0601 e. The van der Waals surface area contributed by atoms with Gasteiger partial charge in [-0.3, -0.25) is 4.90 Å². The minimum atomic E-state index is 0.498. The summed E-state index contributed by atoms with van der Waals surface area (Å²) in [6.07, 6.45) is 0. The molecule has 0 spiro atoms. The van der Waals surface area contributed by atoms with Gasteiger partial charge in [-0.15, -0.1) is 0 Å². The first kappa shape index (κ1) is 12.5. The number of rotatable bonds is 4. The van der Waals surface area contributed by atoms with Crippen LogP contribution in [0.25, 0.3) is 0 Å². The molecule has 1 heteroatoms. The summed E-state index contributed by atoms with van der Waals surface area (Å²) < 4.78 is 0. The van der Waals surface area contributed by atoms with Crippen molar-refractivity contribution < 1.29 is 0 Å². The highest BCUT2D eigenvalue weighted by Crippen LogP contribution is 1.97. The second-order valence-electron chi connectivity index (χ2n) is 4.20. The molecule has 13 heavy (non-hydrogen) atoms. The lowest BCUT2D eigenvalue weighted by molar-refractivity contribution is 0.286. The fraction of sp³-hybridized carbons (Fsp3) is 0.833. The molecule has 0 aliphatic heterocycles. The molecule has 0 radical (unpaired) electrons. The molecular formula is C12H23N. The van der Waals surface area contributed by atoms with Gasteiger partial charge in [0.2, 0.25) is 0 Å². The first-order valence-electron chi connectivity index (χ1n) is 5.27. The van der Waals surface area contributed by atoms with Gasteiger partial charge in [0.15, 0.2) is 0 Å². The molecule has 0 amide bonds. The van der Waals surface area contributed by atoms with E-state index < -0.39 is 0 Å². The van der Waals surface area contributed by atoms with Gasteiger partial charge in [0, 0.05) is 12.5 Å². The second kappa shape index (κ2) is 6.97. The van der Waals surface area contributed by atoms with E-state index in [0.29, 0.717) is 5.92 Å². The standard InChI is InChI=1S/C12H23N/c1-6-13(10-12(4)5)9-7-8-11(2)3/h11-12H,6,9-10H2,1-5H3. The highest BCUT2D eigenvalue weighted by atomic mass is 15.1. The third-order valence-corrected chi connectivity index (χ3v) is 1.76. The van der Waals surface area contributed by atoms with Crippen LogP contribution < -0.4 is 0 Å². The Hall–Kier alpha value is -0.480. The Morgan fingerprint density at radius 1 is 1.15 bits per heavy atom. The Kier molecular flexibility index (Phi) is 6.72. The number of hydrogen-bond acceptors (Lipinski definition) is 1. The molecule has 0 saturated carbocycles. The van der Waals surface area contributed by atoms with E-state index in [9.17, 15) is 0 Å². The Morgan fingerprint density at radius 2 is 1.77 bits per heavy atom. The molecule has 0 N–H and O–H groups in total. The van der Waals surface area contributed by atoms with Crippen LogP contribution in [0.2, 0.25) is 0 Å². The summed E-state index contributed by atoms with van der Waals surface area (Å²) in [5.74, 6) is 7.64. The van der Waals surface area contributed by atoms with Crippen LogP contribution in [-0.4, -0.2) is 24.5 Å². The van der Waals surface area contributed by atoms with Crippen LogP contribution in [0.1, 0.15) is 34.6 Å². The van der Waals surface area contributed by atoms with Gasteiger partial charge in [0.25, 0.3) is 0 Å². The zero-order chi connectivity index (χ0) is 10.3. The zero-order valence-electron chi connectivity index (χ0n) is 9.72. The van der Waals surface area contributed by atoms with Crippen molar-refractivity contribution in [2.24, 2.45) is 11.8 Å². The first-order chi connectivity index (χ1) is 6.06. The monoisotopic (exact) mass is 181 g/mol. The molecular weight excluding hydrogens is 158 g/mol. The van der Waals surface area contributed by atoms with E-state index in [1.165, 1.54) is 0 Å². The zero-order valence-corrected chi connectivity index (χ0v) is 9.72. The Bertz CT molecular complexity index is 171. The Morgan fingerprint density at radius 3 is 2.15 bits per heavy atom. The summed E-state index contributed by atoms with van der Waals surface area (Å²) in [4.78, 5) is 2.39. The highest BCUT2D eigenvalue weighted by molar-refractivity contribution is 5.03. The maximum absolute atomic E-state index is 3.22. The van der Waals surface area contributed by atoms with Crippen LogP contribution in [0.3, 0.4) is 0 Å². The molecule has 1 nitrogen and oxygen atoms in total. The first-order valence-corrected chi connectivity index (χ1v) is 5.27. The summed E-state index contributed by atoms with van der Waals surface area (Å²) in [6.45, 7) is 14.1. The average Bonchev–Trinajstić information content (AvgIpc) is 2.01. The van der Waals surface area contributed by atoms with Gasteiger partial charge < -0.3 is 0 Å². The Balaban J connectivity index is 3.80. The van der Waals surface area contributed by atoms with Crippen LogP contribution in [0, 0.1) is 23.7 Å². The lowest BCUT2D eigenvalue weighted by atomic mass is 10.2. The van der Waals surface area contributed by atoms with E-state index in [-0.39, 0.29) is 0 Å². The highest BCUT2D eigenvalue weighted by Gasteiger charge is 2.01. The predicted molar refractivity (Wildman–Crippen MR) is 59.6 cm³/mol. The largest absolute Gasteiger partial charge is 0.292 e. The van der Waals surface area contributed by atoms with Gasteiger partial charge in [-0.25, -0.2) is 0 Å². The third kappa shape index (κ3) is 7.87. The van der Waals surface area contributed by atoms with Gasteiger partial charge in [-0.05, 0) is 12.5 Å². The molecule has 0 heterocycles. The van der Waals surface area contributed by atoms with Crippen molar-refractivity contribution in [3.63, 3.8) is 0 Å². The summed E-state index contributed by atoms with van der Waals surface area (Å²) in [5, 5.41) is 0. The molecule has 0 aliphatic carbocycles. The molecule has 76 valence electrons. The van der Waals surface area contributed by atoms with Crippen LogP contribution in [0.15, 0.2) is 0 Å². The van der Waals surface area contributed by atoms with Crippen molar-refractivity contribution in [3.8, 4) is 11.8 Å². The van der Waals surface area contributed by atoms with Gasteiger partial charge in [-0.2, -0.15) is 0 Å². The van der Waals surface area contributed by atoms with Gasteiger partial charge in [0.1, 0.15) is 0 Å². The molecule has 0 fully saturated rings. The fourth-order valence-corrected chi connectivity index (χ4v) is 1.18. The van der Waals surface area contributed by atoms with Crippen molar-refractivity contribution in [3.05, 3.63) is 0 Å². The van der Waals surface area contributed by atoms with Crippen molar-refractivity contribution in [2.75, 3.05) is 19.6 Å². The van der Waals surface area contributed by atoms with Gasteiger partial charge in [0.05, 0.1) is 6.54 Å². The molecule has 0 aromatic heterocycles. The summed E-state index contributed by atoms with van der Waals surface area (Å²) in [5.41, 5.74) is 0. The number of nitrogens with zero attached hydrogens (tertiary/aromatic N) is 1. The van der Waals surface area contributed by atoms with Crippen molar-refractivity contribution in [1.29, 1.82) is 0 Å². The SMILES string of the molecule is CCN(CC#CC(C)C)CC(C)C. The summed E-state index contributed by atoms with van der Waals surface area (Å²) >= 11 is 0. The van der Waals surface area contributed by atoms with Crippen molar-refractivity contribution >= 4 is 0 Å². The van der Waals surface area contributed by atoms with E-state index in [4.69, 9.17) is 0 Å². The molecule has 0 aromatic carbocycles. The molecule has 0 aromatic rings. The predicted octanol–water partition coefficient (Wildman–Crippen LogP) is 2.62. The molecule has 0 unspecified atom stereocenters. The molecule has 0 rings (SSSR count). The van der Waals surface area contributed by atoms with E-state index in [1.54, 1.807) is 0 Å². The van der Waals surface area contributed by atoms with E-state index in [2.05, 4.69) is 51.4 Å².